The summed E-state index contributed by atoms with van der Waals surface area (Å²) in [6.45, 7) is 7.19. The molecule has 7 nitrogen and oxygen atoms in total. The molecular weight excluding hydrogens is 438 g/mol. The van der Waals surface area contributed by atoms with Gasteiger partial charge in [0.2, 0.25) is 5.91 Å². The van der Waals surface area contributed by atoms with Crippen molar-refractivity contribution in [1.29, 1.82) is 0 Å². The fourth-order valence-corrected chi connectivity index (χ4v) is 5.57. The fourth-order valence-electron chi connectivity index (χ4n) is 5.57. The van der Waals surface area contributed by atoms with E-state index in [2.05, 4.69) is 49.7 Å². The Bertz CT molecular complexity index is 1040. The van der Waals surface area contributed by atoms with Crippen LogP contribution in [0, 0.1) is 13.8 Å². The molecule has 3 amide bonds. The summed E-state index contributed by atoms with van der Waals surface area (Å²) in [7, 11) is 0. The summed E-state index contributed by atoms with van der Waals surface area (Å²) < 4.78 is 0. The number of hydrogen-bond acceptors (Lipinski definition) is 4. The summed E-state index contributed by atoms with van der Waals surface area (Å²) in [6.07, 6.45) is 6.26. The van der Waals surface area contributed by atoms with E-state index < -0.39 is 0 Å². The molecule has 186 valence electrons. The number of nitrogens with one attached hydrogen (secondary N) is 2. The van der Waals surface area contributed by atoms with E-state index in [0.717, 1.165) is 75.2 Å². The molecule has 0 unspecified atom stereocenters. The fraction of sp³-hybridized carbons (Fsp3) is 0.536. The van der Waals surface area contributed by atoms with Crippen molar-refractivity contribution in [2.24, 2.45) is 0 Å². The van der Waals surface area contributed by atoms with Crippen molar-refractivity contribution in [3.8, 4) is 0 Å². The third-order valence-electron chi connectivity index (χ3n) is 7.66. The molecular formula is C28H37N5O2. The van der Waals surface area contributed by atoms with E-state index in [1.54, 1.807) is 0 Å². The van der Waals surface area contributed by atoms with Crippen LogP contribution in [0.4, 0.5) is 10.5 Å². The van der Waals surface area contributed by atoms with E-state index in [1.807, 2.05) is 32.0 Å². The summed E-state index contributed by atoms with van der Waals surface area (Å²) in [5, 5.41) is 5.86. The van der Waals surface area contributed by atoms with Gasteiger partial charge in [-0.1, -0.05) is 30.3 Å². The van der Waals surface area contributed by atoms with Gasteiger partial charge in [-0.3, -0.25) is 9.78 Å². The molecule has 2 aliphatic carbocycles. The van der Waals surface area contributed by atoms with Crippen LogP contribution in [0.15, 0.2) is 42.5 Å². The second-order valence-corrected chi connectivity index (χ2v) is 10.5. The predicted molar refractivity (Wildman–Crippen MR) is 137 cm³/mol. The van der Waals surface area contributed by atoms with Crippen LogP contribution in [0.2, 0.25) is 0 Å². The average molecular weight is 476 g/mol. The Balaban J connectivity index is 1.09. The van der Waals surface area contributed by atoms with Crippen LogP contribution < -0.4 is 10.6 Å². The van der Waals surface area contributed by atoms with Gasteiger partial charge in [-0.25, -0.2) is 4.79 Å². The Morgan fingerprint density at radius 2 is 1.63 bits per heavy atom. The lowest BCUT2D eigenvalue weighted by atomic mass is 9.92. The summed E-state index contributed by atoms with van der Waals surface area (Å²) >= 11 is 0. The van der Waals surface area contributed by atoms with Crippen molar-refractivity contribution in [3.05, 3.63) is 59.4 Å². The molecule has 3 aliphatic rings. The molecule has 5 rings (SSSR count). The van der Waals surface area contributed by atoms with Crippen molar-refractivity contribution in [1.82, 2.24) is 20.1 Å². The quantitative estimate of drug-likeness (QED) is 0.605. The maximum atomic E-state index is 13.8. The zero-order valence-electron chi connectivity index (χ0n) is 20.9. The zero-order valence-corrected chi connectivity index (χ0v) is 20.9. The van der Waals surface area contributed by atoms with Crippen LogP contribution in [0.5, 0.6) is 0 Å². The van der Waals surface area contributed by atoms with Gasteiger partial charge < -0.3 is 20.4 Å². The number of nitrogens with zero attached hydrogens (tertiary/aromatic N) is 3. The van der Waals surface area contributed by atoms with Crippen molar-refractivity contribution in [3.63, 3.8) is 0 Å². The van der Waals surface area contributed by atoms with Crippen LogP contribution >= 0.6 is 0 Å². The number of urea groups is 1. The molecule has 2 saturated carbocycles. The van der Waals surface area contributed by atoms with Gasteiger partial charge in [0.25, 0.3) is 0 Å². The predicted octanol–water partition coefficient (Wildman–Crippen LogP) is 4.01. The summed E-state index contributed by atoms with van der Waals surface area (Å²) in [5.74, 6) is 0.365. The lowest BCUT2D eigenvalue weighted by Gasteiger charge is -2.40. The van der Waals surface area contributed by atoms with Crippen LogP contribution in [0.3, 0.4) is 0 Å². The largest absolute Gasteiger partial charge is 0.337 e. The average Bonchev–Trinajstić information content (AvgIpc) is 3.75. The zero-order chi connectivity index (χ0) is 24.4. The lowest BCUT2D eigenvalue weighted by molar-refractivity contribution is -0.138. The number of aryl methyl sites for hydroxylation is 2. The standard InChI is InChI=1S/C28H37N5O2/c1-20-18-23(19-21(2)30-20)31-27(35)29-14-17-32-15-10-25(11-16-32)33(24-8-9-24)26(34)28(12-13-28)22-6-4-3-5-7-22/h3-7,18-19,24-25H,8-17H2,1-2H3,(H2,29,30,31,35). The van der Waals surface area contributed by atoms with Gasteiger partial charge in [0.1, 0.15) is 0 Å². The summed E-state index contributed by atoms with van der Waals surface area (Å²) in [4.78, 5) is 35.1. The number of piperidine rings is 1. The molecule has 3 fully saturated rings. The minimum Gasteiger partial charge on any atom is -0.337 e. The summed E-state index contributed by atoms with van der Waals surface area (Å²) in [5.41, 5.74) is 3.46. The van der Waals surface area contributed by atoms with Gasteiger partial charge in [-0.2, -0.15) is 0 Å². The number of pyridine rings is 1. The van der Waals surface area contributed by atoms with Gasteiger partial charge in [0, 0.05) is 55.3 Å². The Morgan fingerprint density at radius 3 is 2.23 bits per heavy atom. The number of amides is 3. The Labute approximate surface area is 208 Å². The van der Waals surface area contributed by atoms with Gasteiger partial charge in [0.05, 0.1) is 5.41 Å². The van der Waals surface area contributed by atoms with Gasteiger partial charge in [0.15, 0.2) is 0 Å². The molecule has 1 saturated heterocycles. The molecule has 35 heavy (non-hydrogen) atoms. The number of carbonyl (C=O) groups excluding carboxylic acids is 2. The number of benzene rings is 1. The monoisotopic (exact) mass is 475 g/mol. The number of anilines is 1. The molecule has 1 aromatic carbocycles. The molecule has 1 aliphatic heterocycles. The Morgan fingerprint density at radius 1 is 1.00 bits per heavy atom. The van der Waals surface area contributed by atoms with Crippen LogP contribution in [0.25, 0.3) is 0 Å². The third kappa shape index (κ3) is 5.50. The van der Waals surface area contributed by atoms with E-state index in [0.29, 0.717) is 24.5 Å². The van der Waals surface area contributed by atoms with E-state index in [1.165, 1.54) is 5.56 Å². The Kier molecular flexibility index (Phi) is 6.78. The Hall–Kier alpha value is -2.93. The molecule has 2 N–H and O–H groups in total. The van der Waals surface area contributed by atoms with Crippen molar-refractivity contribution in [2.75, 3.05) is 31.5 Å². The van der Waals surface area contributed by atoms with Gasteiger partial charge in [-0.05, 0) is 70.1 Å². The number of carbonyl (C=O) groups is 2. The van der Waals surface area contributed by atoms with E-state index in [-0.39, 0.29) is 11.4 Å². The molecule has 0 bridgehead atoms. The first-order valence-electron chi connectivity index (χ1n) is 13.1. The molecule has 1 aromatic heterocycles. The summed E-state index contributed by atoms with van der Waals surface area (Å²) in [6, 6.07) is 14.7. The number of aromatic nitrogens is 1. The van der Waals surface area contributed by atoms with Crippen molar-refractivity contribution < 1.29 is 9.59 Å². The molecule has 0 atom stereocenters. The molecule has 2 heterocycles. The highest BCUT2D eigenvalue weighted by atomic mass is 16.2. The number of hydrogen-bond donors (Lipinski definition) is 2. The highest BCUT2D eigenvalue weighted by Gasteiger charge is 2.55. The molecule has 0 radical (unpaired) electrons. The van der Waals surface area contributed by atoms with Crippen molar-refractivity contribution >= 4 is 17.6 Å². The second-order valence-electron chi connectivity index (χ2n) is 10.5. The van der Waals surface area contributed by atoms with E-state index in [9.17, 15) is 9.59 Å². The number of rotatable bonds is 8. The minimum absolute atomic E-state index is 0.189. The maximum Gasteiger partial charge on any atom is 0.319 e. The number of likely N-dealkylation sites (tertiary alicyclic amines) is 1. The first-order chi connectivity index (χ1) is 16.9. The van der Waals surface area contributed by atoms with E-state index >= 15 is 0 Å². The third-order valence-corrected chi connectivity index (χ3v) is 7.66. The van der Waals surface area contributed by atoms with Crippen LogP contribution in [-0.4, -0.2) is 65.0 Å². The van der Waals surface area contributed by atoms with Gasteiger partial charge in [-0.15, -0.1) is 0 Å². The lowest BCUT2D eigenvalue weighted by Crippen LogP contribution is -2.52. The molecule has 2 aromatic rings. The SMILES string of the molecule is Cc1cc(NC(=O)NCCN2CCC(N(C(=O)C3(c4ccccc4)CC3)C3CC3)CC2)cc(C)n1. The first-order valence-corrected chi connectivity index (χ1v) is 13.1. The first kappa shape index (κ1) is 23.8. The van der Waals surface area contributed by atoms with Gasteiger partial charge >= 0.3 is 6.03 Å². The van der Waals surface area contributed by atoms with Crippen molar-refractivity contribution in [2.45, 2.75) is 69.9 Å². The molecule has 7 heteroatoms. The maximum absolute atomic E-state index is 13.8. The van der Waals surface area contributed by atoms with E-state index in [4.69, 9.17) is 0 Å². The second kappa shape index (κ2) is 9.97. The topological polar surface area (TPSA) is 77.6 Å². The van der Waals surface area contributed by atoms with Crippen LogP contribution in [-0.2, 0) is 10.2 Å². The molecule has 0 spiro atoms. The van der Waals surface area contributed by atoms with Crippen LogP contribution in [0.1, 0.15) is 55.5 Å². The highest BCUT2D eigenvalue weighted by Crippen LogP contribution is 2.51. The normalized spacial score (nSPS) is 19.7. The smallest absolute Gasteiger partial charge is 0.319 e. The minimum atomic E-state index is -0.274. The highest BCUT2D eigenvalue weighted by molar-refractivity contribution is 5.92.